The molecule has 2 heterocycles. The van der Waals surface area contributed by atoms with Gasteiger partial charge >= 0.3 is 0 Å². The predicted molar refractivity (Wildman–Crippen MR) is 83.2 cm³/mol. The van der Waals surface area contributed by atoms with E-state index in [2.05, 4.69) is 4.98 Å². The van der Waals surface area contributed by atoms with Crippen molar-refractivity contribution in [3.63, 3.8) is 0 Å². The summed E-state index contributed by atoms with van der Waals surface area (Å²) in [6, 6.07) is 11.8. The number of thiazole rings is 1. The van der Waals surface area contributed by atoms with Gasteiger partial charge in [-0.25, -0.2) is 4.98 Å². The standard InChI is InChI=1S/C16H14N2O2S/c1-9-8-12(10(2)20-9)13-14(11-6-4-3-5-7-11)21-16(18-13)15(17)19/h3-8H,1-2H3,(H2,17,19). The Labute approximate surface area is 126 Å². The van der Waals surface area contributed by atoms with Crippen molar-refractivity contribution in [1.29, 1.82) is 0 Å². The van der Waals surface area contributed by atoms with E-state index in [-0.39, 0.29) is 0 Å². The lowest BCUT2D eigenvalue weighted by Crippen LogP contribution is -2.10. The summed E-state index contributed by atoms with van der Waals surface area (Å²) in [5.74, 6) is 1.09. The highest BCUT2D eigenvalue weighted by Gasteiger charge is 2.20. The van der Waals surface area contributed by atoms with Gasteiger partial charge in [0.15, 0.2) is 5.01 Å². The van der Waals surface area contributed by atoms with Crippen molar-refractivity contribution in [3.8, 4) is 21.7 Å². The molecular formula is C16H14N2O2S. The monoisotopic (exact) mass is 298 g/mol. The highest BCUT2D eigenvalue weighted by Crippen LogP contribution is 2.38. The van der Waals surface area contributed by atoms with Gasteiger partial charge < -0.3 is 10.2 Å². The quantitative estimate of drug-likeness (QED) is 0.800. The van der Waals surface area contributed by atoms with E-state index < -0.39 is 5.91 Å². The van der Waals surface area contributed by atoms with Crippen LogP contribution < -0.4 is 5.73 Å². The molecule has 2 aromatic heterocycles. The number of aryl methyl sites for hydroxylation is 2. The zero-order valence-corrected chi connectivity index (χ0v) is 12.5. The number of carbonyl (C=O) groups excluding carboxylic acids is 1. The zero-order chi connectivity index (χ0) is 15.0. The Morgan fingerprint density at radius 1 is 1.24 bits per heavy atom. The molecule has 0 fully saturated rings. The van der Waals surface area contributed by atoms with Gasteiger partial charge in [-0.15, -0.1) is 11.3 Å². The van der Waals surface area contributed by atoms with Crippen molar-refractivity contribution >= 4 is 17.2 Å². The second-order valence-electron chi connectivity index (χ2n) is 4.75. The molecular weight excluding hydrogens is 284 g/mol. The molecule has 1 aromatic carbocycles. The number of primary amides is 1. The van der Waals surface area contributed by atoms with E-state index in [1.807, 2.05) is 50.2 Å². The Morgan fingerprint density at radius 2 is 1.95 bits per heavy atom. The number of hydrogen-bond donors (Lipinski definition) is 1. The average Bonchev–Trinajstić information content (AvgIpc) is 3.03. The average molecular weight is 298 g/mol. The lowest BCUT2D eigenvalue weighted by Gasteiger charge is -2.01. The summed E-state index contributed by atoms with van der Waals surface area (Å²) < 4.78 is 5.58. The number of aromatic nitrogens is 1. The van der Waals surface area contributed by atoms with Gasteiger partial charge in [0.2, 0.25) is 0 Å². The molecule has 2 N–H and O–H groups in total. The molecule has 5 heteroatoms. The summed E-state index contributed by atoms with van der Waals surface area (Å²) in [5, 5.41) is 0.308. The van der Waals surface area contributed by atoms with Crippen molar-refractivity contribution in [2.45, 2.75) is 13.8 Å². The van der Waals surface area contributed by atoms with Crippen LogP contribution in [0.1, 0.15) is 21.3 Å². The topological polar surface area (TPSA) is 69.1 Å². The number of benzene rings is 1. The van der Waals surface area contributed by atoms with Crippen molar-refractivity contribution < 1.29 is 9.21 Å². The summed E-state index contributed by atoms with van der Waals surface area (Å²) in [6.45, 7) is 3.78. The Morgan fingerprint density at radius 3 is 2.52 bits per heavy atom. The minimum absolute atomic E-state index is 0.308. The fourth-order valence-electron chi connectivity index (χ4n) is 2.26. The fourth-order valence-corrected chi connectivity index (χ4v) is 3.20. The molecule has 21 heavy (non-hydrogen) atoms. The van der Waals surface area contributed by atoms with E-state index in [1.165, 1.54) is 11.3 Å². The first-order valence-corrected chi connectivity index (χ1v) is 7.31. The summed E-state index contributed by atoms with van der Waals surface area (Å²) >= 11 is 1.31. The Kier molecular flexibility index (Phi) is 3.35. The first kappa shape index (κ1) is 13.6. The van der Waals surface area contributed by atoms with Gasteiger partial charge in [0.1, 0.15) is 11.5 Å². The molecule has 0 spiro atoms. The van der Waals surface area contributed by atoms with Crippen molar-refractivity contribution in [2.75, 3.05) is 0 Å². The van der Waals surface area contributed by atoms with Crippen molar-refractivity contribution in [3.05, 3.63) is 52.9 Å². The van der Waals surface area contributed by atoms with Crippen LogP contribution in [0.2, 0.25) is 0 Å². The van der Waals surface area contributed by atoms with Gasteiger partial charge in [-0.2, -0.15) is 0 Å². The third kappa shape index (κ3) is 2.48. The molecule has 0 radical (unpaired) electrons. The summed E-state index contributed by atoms with van der Waals surface area (Å²) in [4.78, 5) is 16.8. The Balaban J connectivity index is 2.24. The summed E-state index contributed by atoms with van der Waals surface area (Å²) in [7, 11) is 0. The number of nitrogens with zero attached hydrogens (tertiary/aromatic N) is 1. The molecule has 0 saturated heterocycles. The van der Waals surface area contributed by atoms with Crippen molar-refractivity contribution in [2.24, 2.45) is 5.73 Å². The maximum Gasteiger partial charge on any atom is 0.277 e. The van der Waals surface area contributed by atoms with E-state index >= 15 is 0 Å². The van der Waals surface area contributed by atoms with E-state index in [9.17, 15) is 4.79 Å². The number of rotatable bonds is 3. The van der Waals surface area contributed by atoms with Crippen LogP contribution in [0.3, 0.4) is 0 Å². The third-order valence-electron chi connectivity index (χ3n) is 3.17. The van der Waals surface area contributed by atoms with Crippen LogP contribution in [-0.4, -0.2) is 10.9 Å². The van der Waals surface area contributed by atoms with Crippen LogP contribution in [0.4, 0.5) is 0 Å². The second-order valence-corrected chi connectivity index (χ2v) is 5.75. The van der Waals surface area contributed by atoms with Crippen molar-refractivity contribution in [1.82, 2.24) is 4.98 Å². The molecule has 0 bridgehead atoms. The van der Waals surface area contributed by atoms with Crippen LogP contribution in [0.15, 0.2) is 40.8 Å². The fraction of sp³-hybridized carbons (Fsp3) is 0.125. The molecule has 0 aliphatic carbocycles. The van der Waals surface area contributed by atoms with Gasteiger partial charge in [-0.1, -0.05) is 30.3 Å². The lowest BCUT2D eigenvalue weighted by atomic mass is 10.1. The molecule has 106 valence electrons. The van der Waals surface area contributed by atoms with E-state index in [0.717, 1.165) is 33.2 Å². The lowest BCUT2D eigenvalue weighted by molar-refractivity contribution is 0.1000. The number of amides is 1. The molecule has 0 saturated carbocycles. The number of furan rings is 1. The van der Waals surface area contributed by atoms with Crippen LogP contribution in [0.5, 0.6) is 0 Å². The van der Waals surface area contributed by atoms with Gasteiger partial charge in [-0.05, 0) is 25.5 Å². The molecule has 3 aromatic rings. The van der Waals surface area contributed by atoms with E-state index in [0.29, 0.717) is 5.01 Å². The maximum atomic E-state index is 11.5. The summed E-state index contributed by atoms with van der Waals surface area (Å²) in [5.41, 5.74) is 8.03. The largest absolute Gasteiger partial charge is 0.466 e. The van der Waals surface area contributed by atoms with Crippen LogP contribution in [0, 0.1) is 13.8 Å². The smallest absolute Gasteiger partial charge is 0.277 e. The van der Waals surface area contributed by atoms with E-state index in [1.54, 1.807) is 0 Å². The van der Waals surface area contributed by atoms with Crippen LogP contribution in [-0.2, 0) is 0 Å². The summed E-state index contributed by atoms with van der Waals surface area (Å²) in [6.07, 6.45) is 0. The van der Waals surface area contributed by atoms with E-state index in [4.69, 9.17) is 10.2 Å². The zero-order valence-electron chi connectivity index (χ0n) is 11.7. The minimum Gasteiger partial charge on any atom is -0.466 e. The van der Waals surface area contributed by atoms with Crippen LogP contribution >= 0.6 is 11.3 Å². The molecule has 3 rings (SSSR count). The minimum atomic E-state index is -0.513. The predicted octanol–water partition coefficient (Wildman–Crippen LogP) is 3.79. The molecule has 1 amide bonds. The molecule has 0 unspecified atom stereocenters. The number of nitrogens with two attached hydrogens (primary N) is 1. The maximum absolute atomic E-state index is 11.5. The molecule has 4 nitrogen and oxygen atoms in total. The second kappa shape index (κ2) is 5.18. The Bertz CT molecular complexity index is 803. The van der Waals surface area contributed by atoms with Gasteiger partial charge in [-0.3, -0.25) is 4.79 Å². The number of carbonyl (C=O) groups is 1. The van der Waals surface area contributed by atoms with Gasteiger partial charge in [0.25, 0.3) is 5.91 Å². The van der Waals surface area contributed by atoms with Crippen LogP contribution in [0.25, 0.3) is 21.7 Å². The normalized spacial score (nSPS) is 10.8. The SMILES string of the molecule is Cc1cc(-c2nc(C(N)=O)sc2-c2ccccc2)c(C)o1. The highest BCUT2D eigenvalue weighted by atomic mass is 32.1. The molecule has 0 aliphatic heterocycles. The molecule has 0 aliphatic rings. The first-order valence-electron chi connectivity index (χ1n) is 6.49. The highest BCUT2D eigenvalue weighted by molar-refractivity contribution is 7.17. The third-order valence-corrected chi connectivity index (χ3v) is 4.29. The molecule has 0 atom stereocenters. The van der Waals surface area contributed by atoms with Gasteiger partial charge in [0, 0.05) is 5.56 Å². The van der Waals surface area contributed by atoms with Gasteiger partial charge in [0.05, 0.1) is 10.6 Å². The first-order chi connectivity index (χ1) is 10.1. The number of hydrogen-bond acceptors (Lipinski definition) is 4. The Hall–Kier alpha value is -2.40.